The van der Waals surface area contributed by atoms with Crippen LogP contribution < -0.4 is 0 Å². The van der Waals surface area contributed by atoms with Gasteiger partial charge in [0.1, 0.15) is 0 Å². The van der Waals surface area contributed by atoms with Gasteiger partial charge in [-0.2, -0.15) is 0 Å². The van der Waals surface area contributed by atoms with Gasteiger partial charge in [-0.3, -0.25) is 4.98 Å². The molecule has 1 atom stereocenters. The Morgan fingerprint density at radius 2 is 2.00 bits per heavy atom. The summed E-state index contributed by atoms with van der Waals surface area (Å²) in [7, 11) is 0. The molecule has 0 fully saturated rings. The summed E-state index contributed by atoms with van der Waals surface area (Å²) in [6.45, 7) is 2.02. The van der Waals surface area contributed by atoms with E-state index >= 15 is 0 Å². The predicted octanol–water partition coefficient (Wildman–Crippen LogP) is 2.91. The SMILES string of the molecule is Cc1nc2c(c3ccccc13)CCCC2O. The third-order valence-corrected chi connectivity index (χ3v) is 3.46. The highest BCUT2D eigenvalue weighted by molar-refractivity contribution is 5.88. The highest BCUT2D eigenvalue weighted by Crippen LogP contribution is 2.33. The normalized spacial score (nSPS) is 19.8. The number of pyridine rings is 1. The Kier molecular flexibility index (Phi) is 2.18. The number of aromatic nitrogens is 1. The standard InChI is InChI=1S/C14H15NO/c1-9-10-5-2-3-6-11(10)12-7-4-8-13(16)14(12)15-9/h2-3,5-6,13,16H,4,7-8H2,1H3. The summed E-state index contributed by atoms with van der Waals surface area (Å²) in [5, 5.41) is 12.5. The van der Waals surface area contributed by atoms with E-state index in [1.54, 1.807) is 0 Å². The molecule has 1 N–H and O–H groups in total. The summed E-state index contributed by atoms with van der Waals surface area (Å²) < 4.78 is 0. The second-order valence-corrected chi connectivity index (χ2v) is 4.51. The molecule has 0 saturated carbocycles. The van der Waals surface area contributed by atoms with E-state index in [4.69, 9.17) is 0 Å². The number of fused-ring (bicyclic) bond motifs is 3. The van der Waals surface area contributed by atoms with Gasteiger partial charge in [-0.15, -0.1) is 0 Å². The van der Waals surface area contributed by atoms with Crippen molar-refractivity contribution in [3.8, 4) is 0 Å². The Labute approximate surface area is 94.9 Å². The molecule has 0 aliphatic heterocycles. The summed E-state index contributed by atoms with van der Waals surface area (Å²) in [4.78, 5) is 4.57. The van der Waals surface area contributed by atoms with Gasteiger partial charge in [0.25, 0.3) is 0 Å². The lowest BCUT2D eigenvalue weighted by atomic mass is 9.89. The molecule has 3 rings (SSSR count). The van der Waals surface area contributed by atoms with Crippen LogP contribution in [0.1, 0.15) is 35.9 Å². The van der Waals surface area contributed by atoms with Gasteiger partial charge in [-0.05, 0) is 37.1 Å². The maximum atomic E-state index is 9.98. The molecule has 0 spiro atoms. The van der Waals surface area contributed by atoms with Crippen LogP contribution in [-0.4, -0.2) is 10.1 Å². The second kappa shape index (κ2) is 3.56. The first kappa shape index (κ1) is 9.79. The molecule has 2 heteroatoms. The van der Waals surface area contributed by atoms with E-state index in [0.29, 0.717) is 0 Å². The molecule has 2 aromatic rings. The fourth-order valence-electron chi connectivity index (χ4n) is 2.66. The molecular formula is C14H15NO. The molecule has 16 heavy (non-hydrogen) atoms. The maximum Gasteiger partial charge on any atom is 0.0963 e. The third kappa shape index (κ3) is 1.34. The highest BCUT2D eigenvalue weighted by Gasteiger charge is 2.22. The van der Waals surface area contributed by atoms with E-state index in [2.05, 4.69) is 23.2 Å². The monoisotopic (exact) mass is 213 g/mol. The van der Waals surface area contributed by atoms with Gasteiger partial charge in [0.05, 0.1) is 11.8 Å². The number of hydrogen-bond acceptors (Lipinski definition) is 2. The van der Waals surface area contributed by atoms with E-state index < -0.39 is 0 Å². The van der Waals surface area contributed by atoms with E-state index in [1.807, 2.05) is 13.0 Å². The molecule has 1 heterocycles. The van der Waals surface area contributed by atoms with Crippen LogP contribution in [-0.2, 0) is 6.42 Å². The van der Waals surface area contributed by atoms with Crippen molar-refractivity contribution in [3.63, 3.8) is 0 Å². The van der Waals surface area contributed by atoms with Crippen molar-refractivity contribution in [3.05, 3.63) is 41.2 Å². The van der Waals surface area contributed by atoms with Gasteiger partial charge in [0.2, 0.25) is 0 Å². The van der Waals surface area contributed by atoms with Crippen LogP contribution in [0.15, 0.2) is 24.3 Å². The van der Waals surface area contributed by atoms with E-state index in [1.165, 1.54) is 16.3 Å². The molecule has 1 aliphatic carbocycles. The predicted molar refractivity (Wildman–Crippen MR) is 64.4 cm³/mol. The number of aryl methyl sites for hydroxylation is 2. The summed E-state index contributed by atoms with van der Waals surface area (Å²) in [5.74, 6) is 0. The van der Waals surface area contributed by atoms with Crippen LogP contribution in [0, 0.1) is 6.92 Å². The minimum Gasteiger partial charge on any atom is -0.387 e. The average molecular weight is 213 g/mol. The first-order valence-corrected chi connectivity index (χ1v) is 5.83. The van der Waals surface area contributed by atoms with Gasteiger partial charge < -0.3 is 5.11 Å². The van der Waals surface area contributed by atoms with Gasteiger partial charge in [-0.25, -0.2) is 0 Å². The summed E-state index contributed by atoms with van der Waals surface area (Å²) in [6.07, 6.45) is 2.58. The summed E-state index contributed by atoms with van der Waals surface area (Å²) in [5.41, 5.74) is 3.18. The number of aliphatic hydroxyl groups is 1. The lowest BCUT2D eigenvalue weighted by Gasteiger charge is -2.22. The Morgan fingerprint density at radius 3 is 2.81 bits per heavy atom. The zero-order valence-electron chi connectivity index (χ0n) is 9.40. The summed E-state index contributed by atoms with van der Waals surface area (Å²) >= 11 is 0. The Hall–Kier alpha value is -1.41. The fraction of sp³-hybridized carbons (Fsp3) is 0.357. The van der Waals surface area contributed by atoms with Crippen LogP contribution in [0.5, 0.6) is 0 Å². The largest absolute Gasteiger partial charge is 0.387 e. The molecule has 2 nitrogen and oxygen atoms in total. The van der Waals surface area contributed by atoms with Gasteiger partial charge >= 0.3 is 0 Å². The highest BCUT2D eigenvalue weighted by atomic mass is 16.3. The Balaban J connectivity index is 2.38. The molecule has 1 aromatic carbocycles. The molecule has 0 saturated heterocycles. The van der Waals surface area contributed by atoms with E-state index in [9.17, 15) is 5.11 Å². The van der Waals surface area contributed by atoms with Crippen LogP contribution in [0.2, 0.25) is 0 Å². The van der Waals surface area contributed by atoms with Crippen molar-refractivity contribution in [2.45, 2.75) is 32.3 Å². The zero-order chi connectivity index (χ0) is 11.1. The number of hydrogen-bond donors (Lipinski definition) is 1. The number of benzene rings is 1. The number of nitrogens with zero attached hydrogens (tertiary/aromatic N) is 1. The van der Waals surface area contributed by atoms with Crippen LogP contribution in [0.4, 0.5) is 0 Å². The molecule has 0 radical (unpaired) electrons. The smallest absolute Gasteiger partial charge is 0.0963 e. The minimum absolute atomic E-state index is 0.368. The minimum atomic E-state index is -0.368. The molecule has 0 amide bonds. The summed E-state index contributed by atoms with van der Waals surface area (Å²) in [6, 6.07) is 8.35. The first-order valence-electron chi connectivity index (χ1n) is 5.83. The van der Waals surface area contributed by atoms with Crippen molar-refractivity contribution in [2.75, 3.05) is 0 Å². The van der Waals surface area contributed by atoms with Crippen molar-refractivity contribution >= 4 is 10.8 Å². The lowest BCUT2D eigenvalue weighted by Crippen LogP contribution is -2.12. The van der Waals surface area contributed by atoms with Crippen molar-refractivity contribution in [1.82, 2.24) is 4.98 Å². The third-order valence-electron chi connectivity index (χ3n) is 3.46. The molecular weight excluding hydrogens is 198 g/mol. The number of rotatable bonds is 0. The lowest BCUT2D eigenvalue weighted by molar-refractivity contribution is 0.152. The topological polar surface area (TPSA) is 33.1 Å². The maximum absolute atomic E-state index is 9.98. The number of aliphatic hydroxyl groups excluding tert-OH is 1. The van der Waals surface area contributed by atoms with Crippen molar-refractivity contribution < 1.29 is 5.11 Å². The fourth-order valence-corrected chi connectivity index (χ4v) is 2.66. The molecule has 1 aromatic heterocycles. The molecule has 1 unspecified atom stereocenters. The quantitative estimate of drug-likeness (QED) is 0.730. The average Bonchev–Trinajstić information content (AvgIpc) is 2.31. The van der Waals surface area contributed by atoms with Crippen LogP contribution in [0.25, 0.3) is 10.8 Å². The van der Waals surface area contributed by atoms with Gasteiger partial charge in [-0.1, -0.05) is 24.3 Å². The Morgan fingerprint density at radius 1 is 1.25 bits per heavy atom. The van der Waals surface area contributed by atoms with Crippen LogP contribution >= 0.6 is 0 Å². The van der Waals surface area contributed by atoms with Gasteiger partial charge in [0, 0.05) is 11.1 Å². The van der Waals surface area contributed by atoms with Crippen molar-refractivity contribution in [2.24, 2.45) is 0 Å². The molecule has 0 bridgehead atoms. The Bertz CT molecular complexity index is 548. The van der Waals surface area contributed by atoms with Crippen molar-refractivity contribution in [1.29, 1.82) is 0 Å². The zero-order valence-corrected chi connectivity index (χ0v) is 9.40. The van der Waals surface area contributed by atoms with Gasteiger partial charge in [0.15, 0.2) is 0 Å². The first-order chi connectivity index (χ1) is 7.77. The second-order valence-electron chi connectivity index (χ2n) is 4.51. The van der Waals surface area contributed by atoms with E-state index in [-0.39, 0.29) is 6.10 Å². The van der Waals surface area contributed by atoms with Crippen LogP contribution in [0.3, 0.4) is 0 Å². The molecule has 82 valence electrons. The van der Waals surface area contributed by atoms with E-state index in [0.717, 1.165) is 30.7 Å². The molecule has 1 aliphatic rings.